The summed E-state index contributed by atoms with van der Waals surface area (Å²) in [4.78, 5) is 0. The molecule has 4 heteroatoms. The third-order valence-corrected chi connectivity index (χ3v) is 3.81. The van der Waals surface area contributed by atoms with Gasteiger partial charge in [-0.1, -0.05) is 31.9 Å². The van der Waals surface area contributed by atoms with Gasteiger partial charge in [0.05, 0.1) is 5.92 Å². The molecular formula is C14H24F3N. The Morgan fingerprint density at radius 1 is 1.33 bits per heavy atom. The molecule has 0 bridgehead atoms. The number of hydrogen-bond donors (Lipinski definition) is 1. The quantitative estimate of drug-likeness (QED) is 0.729. The molecule has 1 N–H and O–H groups in total. The van der Waals surface area contributed by atoms with E-state index in [0.29, 0.717) is 12.8 Å². The fourth-order valence-electron chi connectivity index (χ4n) is 2.96. The van der Waals surface area contributed by atoms with E-state index in [1.165, 1.54) is 0 Å². The van der Waals surface area contributed by atoms with Crippen LogP contribution in [-0.2, 0) is 0 Å². The molecule has 0 aromatic rings. The number of rotatable bonds is 5. The molecule has 0 spiro atoms. The lowest BCUT2D eigenvalue weighted by atomic mass is 9.73. The van der Waals surface area contributed by atoms with Crippen LogP contribution in [-0.4, -0.2) is 18.8 Å². The minimum absolute atomic E-state index is 0.197. The Hall–Kier alpha value is -0.510. The molecule has 1 aliphatic rings. The van der Waals surface area contributed by atoms with E-state index in [0.717, 1.165) is 25.0 Å². The van der Waals surface area contributed by atoms with Gasteiger partial charge in [0.15, 0.2) is 0 Å². The second-order valence-corrected chi connectivity index (χ2v) is 5.37. The van der Waals surface area contributed by atoms with Crippen molar-refractivity contribution in [2.45, 2.75) is 58.2 Å². The van der Waals surface area contributed by atoms with E-state index in [2.05, 4.69) is 11.9 Å². The zero-order chi connectivity index (χ0) is 13.8. The van der Waals surface area contributed by atoms with Crippen molar-refractivity contribution < 1.29 is 13.2 Å². The standard InChI is InChI=1S/C14H24F3N/c1-4-9-18-13(10(2)3)11-7-5-6-8-12(11)14(15,16)17/h11-13,18H,2,4-9H2,1,3H3. The summed E-state index contributed by atoms with van der Waals surface area (Å²) >= 11 is 0. The van der Waals surface area contributed by atoms with E-state index in [-0.39, 0.29) is 18.4 Å². The van der Waals surface area contributed by atoms with Crippen molar-refractivity contribution in [3.8, 4) is 0 Å². The molecule has 1 fully saturated rings. The molecule has 0 radical (unpaired) electrons. The van der Waals surface area contributed by atoms with Gasteiger partial charge in [-0.05, 0) is 38.6 Å². The summed E-state index contributed by atoms with van der Waals surface area (Å²) < 4.78 is 39.2. The van der Waals surface area contributed by atoms with Crippen molar-refractivity contribution >= 4 is 0 Å². The van der Waals surface area contributed by atoms with Crippen molar-refractivity contribution in [3.05, 3.63) is 12.2 Å². The highest BCUT2D eigenvalue weighted by Crippen LogP contribution is 2.43. The normalized spacial score (nSPS) is 26.9. The molecule has 0 amide bonds. The van der Waals surface area contributed by atoms with Gasteiger partial charge in [0, 0.05) is 6.04 Å². The van der Waals surface area contributed by atoms with Gasteiger partial charge in [-0.25, -0.2) is 0 Å². The maximum Gasteiger partial charge on any atom is 0.392 e. The van der Waals surface area contributed by atoms with Gasteiger partial charge < -0.3 is 5.32 Å². The van der Waals surface area contributed by atoms with Crippen LogP contribution in [0.25, 0.3) is 0 Å². The first-order chi connectivity index (χ1) is 8.38. The second-order valence-electron chi connectivity index (χ2n) is 5.37. The molecule has 0 saturated heterocycles. The Balaban J connectivity index is 2.81. The Kier molecular flexibility index (Phi) is 5.70. The fraction of sp³-hybridized carbons (Fsp3) is 0.857. The topological polar surface area (TPSA) is 12.0 Å². The first-order valence-corrected chi connectivity index (χ1v) is 6.83. The summed E-state index contributed by atoms with van der Waals surface area (Å²) in [6, 6.07) is -0.197. The Morgan fingerprint density at radius 3 is 2.44 bits per heavy atom. The zero-order valence-electron chi connectivity index (χ0n) is 11.3. The van der Waals surface area contributed by atoms with Crippen LogP contribution >= 0.6 is 0 Å². The van der Waals surface area contributed by atoms with Gasteiger partial charge in [-0.15, -0.1) is 0 Å². The van der Waals surface area contributed by atoms with Crippen LogP contribution in [0.5, 0.6) is 0 Å². The summed E-state index contributed by atoms with van der Waals surface area (Å²) in [5.41, 5.74) is 0.824. The summed E-state index contributed by atoms with van der Waals surface area (Å²) in [5.74, 6) is -1.51. The van der Waals surface area contributed by atoms with Crippen molar-refractivity contribution in [1.29, 1.82) is 0 Å². The van der Waals surface area contributed by atoms with E-state index >= 15 is 0 Å². The molecule has 1 nitrogen and oxygen atoms in total. The van der Waals surface area contributed by atoms with Crippen LogP contribution in [0.4, 0.5) is 13.2 Å². The molecule has 3 atom stereocenters. The van der Waals surface area contributed by atoms with Crippen molar-refractivity contribution in [3.63, 3.8) is 0 Å². The van der Waals surface area contributed by atoms with Crippen LogP contribution < -0.4 is 5.32 Å². The average molecular weight is 263 g/mol. The van der Waals surface area contributed by atoms with E-state index in [9.17, 15) is 13.2 Å². The molecule has 1 rings (SSSR count). The van der Waals surface area contributed by atoms with Gasteiger partial charge >= 0.3 is 6.18 Å². The molecule has 0 aromatic carbocycles. The molecule has 0 aliphatic heterocycles. The van der Waals surface area contributed by atoms with E-state index in [1.54, 1.807) is 0 Å². The first-order valence-electron chi connectivity index (χ1n) is 6.83. The van der Waals surface area contributed by atoms with Gasteiger partial charge in [0.1, 0.15) is 0 Å². The summed E-state index contributed by atoms with van der Waals surface area (Å²) in [5, 5.41) is 3.24. The predicted octanol–water partition coefficient (Wildman–Crippen LogP) is 4.30. The SMILES string of the molecule is C=C(C)C(NCCC)C1CCCCC1C(F)(F)F. The zero-order valence-corrected chi connectivity index (χ0v) is 11.3. The minimum atomic E-state index is -4.08. The lowest BCUT2D eigenvalue weighted by Gasteiger charge is -2.39. The monoisotopic (exact) mass is 263 g/mol. The van der Waals surface area contributed by atoms with Gasteiger partial charge in [-0.2, -0.15) is 13.2 Å². The molecule has 0 heterocycles. The molecule has 3 unspecified atom stereocenters. The minimum Gasteiger partial charge on any atom is -0.310 e. The predicted molar refractivity (Wildman–Crippen MR) is 68.4 cm³/mol. The second kappa shape index (κ2) is 6.60. The van der Waals surface area contributed by atoms with Crippen molar-refractivity contribution in [1.82, 2.24) is 5.32 Å². The number of hydrogen-bond acceptors (Lipinski definition) is 1. The van der Waals surface area contributed by atoms with E-state index in [1.807, 2.05) is 13.8 Å². The maximum atomic E-state index is 13.1. The third-order valence-electron chi connectivity index (χ3n) is 3.81. The maximum absolute atomic E-state index is 13.1. The molecule has 106 valence electrons. The first kappa shape index (κ1) is 15.5. The molecule has 1 aliphatic carbocycles. The number of alkyl halides is 3. The van der Waals surface area contributed by atoms with Crippen molar-refractivity contribution in [2.75, 3.05) is 6.54 Å². The van der Waals surface area contributed by atoms with Gasteiger partial charge in [-0.3, -0.25) is 0 Å². The Morgan fingerprint density at radius 2 is 1.94 bits per heavy atom. The largest absolute Gasteiger partial charge is 0.392 e. The summed E-state index contributed by atoms with van der Waals surface area (Å²) in [6.45, 7) is 8.47. The van der Waals surface area contributed by atoms with Crippen LogP contribution in [0.1, 0.15) is 46.0 Å². The summed E-state index contributed by atoms with van der Waals surface area (Å²) in [7, 11) is 0. The molecule has 1 saturated carbocycles. The number of halogens is 3. The molecule has 18 heavy (non-hydrogen) atoms. The van der Waals surface area contributed by atoms with Gasteiger partial charge in [0.2, 0.25) is 0 Å². The van der Waals surface area contributed by atoms with E-state index < -0.39 is 12.1 Å². The van der Waals surface area contributed by atoms with Gasteiger partial charge in [0.25, 0.3) is 0 Å². The fourth-order valence-corrected chi connectivity index (χ4v) is 2.96. The average Bonchev–Trinajstić information content (AvgIpc) is 2.28. The molecule has 0 aromatic heterocycles. The van der Waals surface area contributed by atoms with E-state index in [4.69, 9.17) is 0 Å². The highest BCUT2D eigenvalue weighted by molar-refractivity contribution is 5.07. The van der Waals surface area contributed by atoms with Crippen LogP contribution in [0.2, 0.25) is 0 Å². The van der Waals surface area contributed by atoms with Crippen LogP contribution in [0.15, 0.2) is 12.2 Å². The lowest BCUT2D eigenvalue weighted by Crippen LogP contribution is -2.46. The summed E-state index contributed by atoms with van der Waals surface area (Å²) in [6.07, 6.45) is -0.643. The van der Waals surface area contributed by atoms with Crippen LogP contribution in [0.3, 0.4) is 0 Å². The van der Waals surface area contributed by atoms with Crippen molar-refractivity contribution in [2.24, 2.45) is 11.8 Å². The Labute approximate surface area is 108 Å². The van der Waals surface area contributed by atoms with Crippen LogP contribution in [0, 0.1) is 11.8 Å². The smallest absolute Gasteiger partial charge is 0.310 e. The highest BCUT2D eigenvalue weighted by atomic mass is 19.4. The lowest BCUT2D eigenvalue weighted by molar-refractivity contribution is -0.198. The highest BCUT2D eigenvalue weighted by Gasteiger charge is 2.47. The third kappa shape index (κ3) is 4.01. The number of nitrogens with one attached hydrogen (secondary N) is 1. The Bertz CT molecular complexity index is 273. The molecular weight excluding hydrogens is 239 g/mol.